The number of aliphatic hydroxyl groups excluding tert-OH is 2. The summed E-state index contributed by atoms with van der Waals surface area (Å²) >= 11 is 0. The second-order valence-corrected chi connectivity index (χ2v) is 4.40. The molecule has 0 saturated carbocycles. The van der Waals surface area contributed by atoms with E-state index in [4.69, 9.17) is 14.9 Å². The Morgan fingerprint density at radius 1 is 1.22 bits per heavy atom. The molecule has 0 spiro atoms. The number of hydrogen-bond acceptors (Lipinski definition) is 5. The number of unbranched alkanes of at least 4 members (excludes halogenated alkanes) is 1. The lowest BCUT2D eigenvalue weighted by Gasteiger charge is -2.16. The molecule has 0 bridgehead atoms. The maximum atomic E-state index is 11.3. The first-order valence-electron chi connectivity index (χ1n) is 6.16. The van der Waals surface area contributed by atoms with E-state index in [2.05, 4.69) is 0 Å². The van der Waals surface area contributed by atoms with Crippen molar-refractivity contribution in [2.45, 2.75) is 51.7 Å². The number of carbonyl (C=O) groups excluding carboxylic acids is 1. The Labute approximate surface area is 107 Å². The summed E-state index contributed by atoms with van der Waals surface area (Å²) in [5.74, 6) is -1.34. The molecule has 3 N–H and O–H groups in total. The van der Waals surface area contributed by atoms with Crippen LogP contribution in [0.4, 0.5) is 0 Å². The van der Waals surface area contributed by atoms with Crippen molar-refractivity contribution < 1.29 is 29.6 Å². The van der Waals surface area contributed by atoms with Gasteiger partial charge in [0.05, 0.1) is 0 Å². The third-order valence-corrected chi connectivity index (χ3v) is 2.51. The minimum absolute atomic E-state index is 0.0311. The highest BCUT2D eigenvalue weighted by atomic mass is 16.6. The van der Waals surface area contributed by atoms with Gasteiger partial charge in [0.1, 0.15) is 0 Å². The Bertz CT molecular complexity index is 253. The molecular weight excluding hydrogens is 240 g/mol. The van der Waals surface area contributed by atoms with E-state index in [0.29, 0.717) is 25.7 Å². The second-order valence-electron chi connectivity index (χ2n) is 4.40. The molecular formula is C12H22O6. The highest BCUT2D eigenvalue weighted by Crippen LogP contribution is 2.12. The Kier molecular flexibility index (Phi) is 9.22. The van der Waals surface area contributed by atoms with E-state index < -0.39 is 18.2 Å². The third-order valence-electron chi connectivity index (χ3n) is 2.51. The Hall–Kier alpha value is -1.14. The minimum atomic E-state index is -1.15. The van der Waals surface area contributed by atoms with Crippen molar-refractivity contribution in [3.63, 3.8) is 0 Å². The zero-order chi connectivity index (χ0) is 14.0. The number of carboxylic acid groups (broad SMARTS) is 1. The van der Waals surface area contributed by atoms with Crippen LogP contribution in [0.15, 0.2) is 0 Å². The van der Waals surface area contributed by atoms with Gasteiger partial charge in [-0.2, -0.15) is 0 Å². The molecule has 0 fully saturated rings. The fourth-order valence-corrected chi connectivity index (χ4v) is 1.49. The molecule has 6 heteroatoms. The van der Waals surface area contributed by atoms with Crippen LogP contribution in [-0.2, 0) is 14.3 Å². The summed E-state index contributed by atoms with van der Waals surface area (Å²) in [5.41, 5.74) is 0. The molecule has 0 radical (unpaired) electrons. The van der Waals surface area contributed by atoms with Gasteiger partial charge in [-0.05, 0) is 25.2 Å². The molecule has 18 heavy (non-hydrogen) atoms. The van der Waals surface area contributed by atoms with Gasteiger partial charge in [-0.3, -0.25) is 9.59 Å². The van der Waals surface area contributed by atoms with E-state index in [-0.39, 0.29) is 25.4 Å². The lowest BCUT2D eigenvalue weighted by Crippen LogP contribution is -2.20. The van der Waals surface area contributed by atoms with Gasteiger partial charge in [0.2, 0.25) is 6.29 Å². The fraction of sp³-hybridized carbons (Fsp3) is 0.833. The van der Waals surface area contributed by atoms with Crippen LogP contribution in [0.3, 0.4) is 0 Å². The van der Waals surface area contributed by atoms with Crippen LogP contribution in [0.1, 0.15) is 45.4 Å². The molecule has 2 atom stereocenters. The first kappa shape index (κ1) is 16.9. The number of aliphatic hydroxyl groups is 2. The fourth-order valence-electron chi connectivity index (χ4n) is 1.49. The van der Waals surface area contributed by atoms with E-state index in [1.165, 1.54) is 0 Å². The van der Waals surface area contributed by atoms with Crippen LogP contribution in [0, 0.1) is 5.92 Å². The first-order valence-corrected chi connectivity index (χ1v) is 6.16. The Morgan fingerprint density at radius 2 is 1.83 bits per heavy atom. The van der Waals surface area contributed by atoms with E-state index in [9.17, 15) is 14.7 Å². The van der Waals surface area contributed by atoms with Gasteiger partial charge in [-0.1, -0.05) is 6.92 Å². The maximum absolute atomic E-state index is 11.3. The Balaban J connectivity index is 3.63. The van der Waals surface area contributed by atoms with Crippen molar-refractivity contribution >= 4 is 11.9 Å². The molecule has 0 aromatic rings. The van der Waals surface area contributed by atoms with E-state index in [0.717, 1.165) is 0 Å². The summed E-state index contributed by atoms with van der Waals surface area (Å²) in [6.07, 6.45) is 0.681. The Morgan fingerprint density at radius 3 is 2.39 bits per heavy atom. The molecule has 0 aromatic carbocycles. The summed E-state index contributed by atoms with van der Waals surface area (Å²) in [6.45, 7) is 1.89. The van der Waals surface area contributed by atoms with Crippen molar-refractivity contribution in [2.75, 3.05) is 6.61 Å². The van der Waals surface area contributed by atoms with Crippen molar-refractivity contribution in [1.82, 2.24) is 0 Å². The van der Waals surface area contributed by atoms with Crippen molar-refractivity contribution in [3.8, 4) is 0 Å². The summed E-state index contributed by atoms with van der Waals surface area (Å²) in [4.78, 5) is 21.5. The molecule has 106 valence electrons. The summed E-state index contributed by atoms with van der Waals surface area (Å²) < 4.78 is 4.76. The molecule has 0 aliphatic rings. The van der Waals surface area contributed by atoms with Gasteiger partial charge in [-0.25, -0.2) is 0 Å². The summed E-state index contributed by atoms with van der Waals surface area (Å²) in [7, 11) is 0. The topological polar surface area (TPSA) is 104 Å². The molecule has 0 aliphatic heterocycles. The van der Waals surface area contributed by atoms with Crippen molar-refractivity contribution in [1.29, 1.82) is 0 Å². The van der Waals surface area contributed by atoms with Crippen molar-refractivity contribution in [2.24, 2.45) is 5.92 Å². The number of carbonyl (C=O) groups is 2. The summed E-state index contributed by atoms with van der Waals surface area (Å²) in [6, 6.07) is 0. The van der Waals surface area contributed by atoms with E-state index in [1.54, 1.807) is 0 Å². The molecule has 0 heterocycles. The van der Waals surface area contributed by atoms with Crippen molar-refractivity contribution in [3.05, 3.63) is 0 Å². The highest BCUT2D eigenvalue weighted by Gasteiger charge is 2.14. The zero-order valence-corrected chi connectivity index (χ0v) is 10.7. The van der Waals surface area contributed by atoms with Gasteiger partial charge < -0.3 is 20.1 Å². The lowest BCUT2D eigenvalue weighted by atomic mass is 10.0. The number of carboxylic acids is 1. The zero-order valence-electron chi connectivity index (χ0n) is 10.7. The van der Waals surface area contributed by atoms with Crippen LogP contribution >= 0.6 is 0 Å². The number of esters is 1. The van der Waals surface area contributed by atoms with Gasteiger partial charge in [-0.15, -0.1) is 0 Å². The normalized spacial score (nSPS) is 13.9. The van der Waals surface area contributed by atoms with Gasteiger partial charge in [0.15, 0.2) is 0 Å². The van der Waals surface area contributed by atoms with Gasteiger partial charge >= 0.3 is 11.9 Å². The average molecular weight is 262 g/mol. The molecule has 6 nitrogen and oxygen atoms in total. The predicted molar refractivity (Wildman–Crippen MR) is 63.7 cm³/mol. The molecule has 0 amide bonds. The number of aliphatic carboxylic acids is 1. The number of rotatable bonds is 10. The van der Waals surface area contributed by atoms with Crippen LogP contribution in [0.2, 0.25) is 0 Å². The standard InChI is InChI=1S/C12H22O6/c1-9(6-7-13)8-12(17)18-11(16)5-3-2-4-10(14)15/h9,12-13,17H,2-8H2,1H3,(H,14,15). The van der Waals surface area contributed by atoms with Crippen LogP contribution in [0.25, 0.3) is 0 Å². The smallest absolute Gasteiger partial charge is 0.308 e. The summed E-state index contributed by atoms with van der Waals surface area (Å²) in [5, 5.41) is 26.5. The monoisotopic (exact) mass is 262 g/mol. The average Bonchev–Trinajstić information content (AvgIpc) is 2.24. The molecule has 0 aliphatic carbocycles. The van der Waals surface area contributed by atoms with Crippen LogP contribution < -0.4 is 0 Å². The number of hydrogen-bond donors (Lipinski definition) is 3. The maximum Gasteiger partial charge on any atom is 0.308 e. The van der Waals surface area contributed by atoms with E-state index >= 15 is 0 Å². The molecule has 0 saturated heterocycles. The number of ether oxygens (including phenoxy) is 1. The van der Waals surface area contributed by atoms with E-state index in [1.807, 2.05) is 6.92 Å². The second kappa shape index (κ2) is 9.85. The first-order chi connectivity index (χ1) is 8.45. The van der Waals surface area contributed by atoms with Crippen LogP contribution in [0.5, 0.6) is 0 Å². The molecule has 0 rings (SSSR count). The molecule has 2 unspecified atom stereocenters. The molecule has 0 aromatic heterocycles. The van der Waals surface area contributed by atoms with Gasteiger partial charge in [0.25, 0.3) is 0 Å². The SMILES string of the molecule is CC(CCO)CC(O)OC(=O)CCCCC(=O)O. The quantitative estimate of drug-likeness (QED) is 0.307. The lowest BCUT2D eigenvalue weighted by molar-refractivity contribution is -0.170. The predicted octanol–water partition coefficient (Wildman–Crippen LogP) is 0.902. The minimum Gasteiger partial charge on any atom is -0.481 e. The largest absolute Gasteiger partial charge is 0.481 e. The third kappa shape index (κ3) is 10.0. The highest BCUT2D eigenvalue weighted by molar-refractivity contribution is 5.69. The van der Waals surface area contributed by atoms with Gasteiger partial charge in [0, 0.05) is 25.9 Å². The van der Waals surface area contributed by atoms with Crippen LogP contribution in [-0.4, -0.2) is 40.2 Å².